The summed E-state index contributed by atoms with van der Waals surface area (Å²) in [5.74, 6) is 1.63. The second-order valence-corrected chi connectivity index (χ2v) is 6.68. The van der Waals surface area contributed by atoms with Crippen LogP contribution in [0, 0.1) is 0 Å². The average molecular weight is 339 g/mol. The zero-order valence-electron chi connectivity index (χ0n) is 15.8. The minimum atomic E-state index is 0.320. The van der Waals surface area contributed by atoms with Gasteiger partial charge in [-0.1, -0.05) is 32.0 Å². The molecule has 1 unspecified atom stereocenters. The Bertz CT molecular complexity index is 739. The Balaban J connectivity index is 1.90. The molecule has 2 aromatic carbocycles. The normalized spacial score (nSPS) is 16.4. The molecular weight excluding hydrogens is 310 g/mol. The number of benzene rings is 2. The van der Waals surface area contributed by atoms with Crippen LogP contribution in [-0.4, -0.2) is 20.8 Å². The first-order chi connectivity index (χ1) is 12.2. The van der Waals surface area contributed by atoms with E-state index in [1.54, 1.807) is 14.2 Å². The topological polar surface area (TPSA) is 30.5 Å². The summed E-state index contributed by atoms with van der Waals surface area (Å²) in [6.07, 6.45) is 4.22. The van der Waals surface area contributed by atoms with Gasteiger partial charge in [-0.3, -0.25) is 0 Å². The highest BCUT2D eigenvalue weighted by Crippen LogP contribution is 2.36. The second kappa shape index (κ2) is 7.92. The van der Waals surface area contributed by atoms with Gasteiger partial charge in [0.15, 0.2) is 11.5 Å². The van der Waals surface area contributed by atoms with Gasteiger partial charge < -0.3 is 14.8 Å². The van der Waals surface area contributed by atoms with Gasteiger partial charge in [0.2, 0.25) is 0 Å². The van der Waals surface area contributed by atoms with Crippen molar-refractivity contribution in [1.82, 2.24) is 5.32 Å². The summed E-state index contributed by atoms with van der Waals surface area (Å²) in [6.45, 7) is 5.47. The lowest BCUT2D eigenvalue weighted by atomic mass is 9.88. The van der Waals surface area contributed by atoms with Crippen molar-refractivity contribution in [3.63, 3.8) is 0 Å². The summed E-state index contributed by atoms with van der Waals surface area (Å²) in [4.78, 5) is 0. The smallest absolute Gasteiger partial charge is 0.161 e. The fraction of sp³-hybridized carbons (Fsp3) is 0.455. The van der Waals surface area contributed by atoms with Gasteiger partial charge in [-0.15, -0.1) is 0 Å². The Kier molecular flexibility index (Phi) is 5.64. The molecule has 1 atom stereocenters. The highest BCUT2D eigenvalue weighted by atomic mass is 16.5. The molecule has 1 N–H and O–H groups in total. The van der Waals surface area contributed by atoms with Crippen LogP contribution in [0.15, 0.2) is 30.3 Å². The van der Waals surface area contributed by atoms with Crippen LogP contribution < -0.4 is 14.8 Å². The molecule has 0 spiro atoms. The molecule has 0 radical (unpaired) electrons. The molecule has 1 aliphatic rings. The van der Waals surface area contributed by atoms with E-state index in [0.717, 1.165) is 43.7 Å². The SMILES string of the molecule is CCc1ccc(CC2NCCc3cc(OC)c(OC)cc32)cc1CC. The fourth-order valence-corrected chi connectivity index (χ4v) is 3.87. The van der Waals surface area contributed by atoms with Crippen molar-refractivity contribution in [2.75, 3.05) is 20.8 Å². The molecule has 0 bridgehead atoms. The lowest BCUT2D eigenvalue weighted by Gasteiger charge is -2.28. The molecule has 3 nitrogen and oxygen atoms in total. The summed E-state index contributed by atoms with van der Waals surface area (Å²) in [5.41, 5.74) is 7.04. The van der Waals surface area contributed by atoms with Crippen LogP contribution >= 0.6 is 0 Å². The minimum Gasteiger partial charge on any atom is -0.493 e. The van der Waals surface area contributed by atoms with Gasteiger partial charge in [0.1, 0.15) is 0 Å². The third-order valence-corrected chi connectivity index (χ3v) is 5.28. The molecule has 0 aromatic heterocycles. The number of hydrogen-bond acceptors (Lipinski definition) is 3. The first kappa shape index (κ1) is 17.8. The quantitative estimate of drug-likeness (QED) is 0.853. The molecule has 2 aromatic rings. The monoisotopic (exact) mass is 339 g/mol. The molecule has 0 saturated heterocycles. The summed E-state index contributed by atoms with van der Waals surface area (Å²) < 4.78 is 11.0. The third kappa shape index (κ3) is 3.67. The molecule has 134 valence electrons. The van der Waals surface area contributed by atoms with Crippen LogP contribution in [0.1, 0.15) is 47.7 Å². The minimum absolute atomic E-state index is 0.320. The summed E-state index contributed by atoms with van der Waals surface area (Å²) >= 11 is 0. The van der Waals surface area contributed by atoms with E-state index in [2.05, 4.69) is 49.5 Å². The van der Waals surface area contributed by atoms with E-state index in [4.69, 9.17) is 9.47 Å². The molecule has 0 fully saturated rings. The summed E-state index contributed by atoms with van der Waals surface area (Å²) in [7, 11) is 3.40. The summed E-state index contributed by atoms with van der Waals surface area (Å²) in [6, 6.07) is 11.6. The van der Waals surface area contributed by atoms with Crippen molar-refractivity contribution in [3.05, 3.63) is 58.1 Å². The number of aryl methyl sites for hydroxylation is 2. The van der Waals surface area contributed by atoms with Gasteiger partial charge in [-0.05, 0) is 72.2 Å². The molecule has 3 rings (SSSR count). The summed E-state index contributed by atoms with van der Waals surface area (Å²) in [5, 5.41) is 3.68. The van der Waals surface area contributed by atoms with Crippen molar-refractivity contribution < 1.29 is 9.47 Å². The predicted molar refractivity (Wildman–Crippen MR) is 103 cm³/mol. The first-order valence-electron chi connectivity index (χ1n) is 9.29. The van der Waals surface area contributed by atoms with E-state index in [1.165, 1.54) is 27.8 Å². The van der Waals surface area contributed by atoms with Gasteiger partial charge in [-0.2, -0.15) is 0 Å². The third-order valence-electron chi connectivity index (χ3n) is 5.28. The van der Waals surface area contributed by atoms with Gasteiger partial charge in [-0.25, -0.2) is 0 Å². The van der Waals surface area contributed by atoms with Crippen LogP contribution in [0.3, 0.4) is 0 Å². The lowest BCUT2D eigenvalue weighted by Crippen LogP contribution is -2.31. The molecule has 1 aliphatic heterocycles. The van der Waals surface area contributed by atoms with E-state index >= 15 is 0 Å². The van der Waals surface area contributed by atoms with Gasteiger partial charge in [0, 0.05) is 6.04 Å². The van der Waals surface area contributed by atoms with Crippen LogP contribution in [0.25, 0.3) is 0 Å². The number of fused-ring (bicyclic) bond motifs is 1. The molecule has 0 amide bonds. The van der Waals surface area contributed by atoms with Crippen molar-refractivity contribution in [1.29, 1.82) is 0 Å². The standard InChI is InChI=1S/C22H29NO2/c1-5-16-8-7-15(11-17(16)6-2)12-20-19-14-22(25-4)21(24-3)13-18(19)9-10-23-20/h7-8,11,13-14,20,23H,5-6,9-10,12H2,1-4H3. The maximum Gasteiger partial charge on any atom is 0.161 e. The number of nitrogens with one attached hydrogen (secondary N) is 1. The van der Waals surface area contributed by atoms with Crippen LogP contribution in [-0.2, 0) is 25.7 Å². The lowest BCUT2D eigenvalue weighted by molar-refractivity contribution is 0.352. The fourth-order valence-electron chi connectivity index (χ4n) is 3.87. The molecule has 1 heterocycles. The van der Waals surface area contributed by atoms with Crippen LogP contribution in [0.2, 0.25) is 0 Å². The number of rotatable bonds is 6. The zero-order valence-corrected chi connectivity index (χ0v) is 15.8. The Hall–Kier alpha value is -2.00. The molecule has 0 saturated carbocycles. The highest BCUT2D eigenvalue weighted by Gasteiger charge is 2.23. The molecule has 3 heteroatoms. The Labute approximate surface area is 151 Å². The largest absolute Gasteiger partial charge is 0.493 e. The van der Waals surface area contributed by atoms with Crippen LogP contribution in [0.5, 0.6) is 11.5 Å². The Morgan fingerprint density at radius 2 is 1.68 bits per heavy atom. The van der Waals surface area contributed by atoms with E-state index < -0.39 is 0 Å². The zero-order chi connectivity index (χ0) is 17.8. The van der Waals surface area contributed by atoms with Gasteiger partial charge in [0.05, 0.1) is 14.2 Å². The Morgan fingerprint density at radius 3 is 2.36 bits per heavy atom. The van der Waals surface area contributed by atoms with Crippen molar-refractivity contribution >= 4 is 0 Å². The second-order valence-electron chi connectivity index (χ2n) is 6.68. The molecule has 0 aliphatic carbocycles. The van der Waals surface area contributed by atoms with Crippen molar-refractivity contribution in [2.45, 2.75) is 45.6 Å². The van der Waals surface area contributed by atoms with E-state index in [0.29, 0.717) is 6.04 Å². The first-order valence-corrected chi connectivity index (χ1v) is 9.29. The number of ether oxygens (including phenoxy) is 2. The average Bonchev–Trinajstić information content (AvgIpc) is 2.66. The maximum absolute atomic E-state index is 5.51. The predicted octanol–water partition coefficient (Wildman–Crippen LogP) is 4.26. The number of methoxy groups -OCH3 is 2. The van der Waals surface area contributed by atoms with Gasteiger partial charge in [0.25, 0.3) is 0 Å². The Morgan fingerprint density at radius 1 is 0.960 bits per heavy atom. The van der Waals surface area contributed by atoms with E-state index in [1.807, 2.05) is 0 Å². The van der Waals surface area contributed by atoms with Crippen LogP contribution in [0.4, 0.5) is 0 Å². The molecular formula is C22H29NO2. The molecule has 25 heavy (non-hydrogen) atoms. The van der Waals surface area contributed by atoms with E-state index in [-0.39, 0.29) is 0 Å². The van der Waals surface area contributed by atoms with Crippen molar-refractivity contribution in [3.8, 4) is 11.5 Å². The van der Waals surface area contributed by atoms with E-state index in [9.17, 15) is 0 Å². The van der Waals surface area contributed by atoms with Gasteiger partial charge >= 0.3 is 0 Å². The maximum atomic E-state index is 5.51. The highest BCUT2D eigenvalue weighted by molar-refractivity contribution is 5.50. The van der Waals surface area contributed by atoms with Crippen molar-refractivity contribution in [2.24, 2.45) is 0 Å². The number of hydrogen-bond donors (Lipinski definition) is 1.